The molecule has 1 atom stereocenters. The van der Waals surface area contributed by atoms with Crippen molar-refractivity contribution in [1.29, 1.82) is 0 Å². The van der Waals surface area contributed by atoms with Crippen molar-refractivity contribution in [2.45, 2.75) is 13.0 Å². The van der Waals surface area contributed by atoms with Gasteiger partial charge in [-0.3, -0.25) is 9.88 Å². The molecule has 8 heteroatoms. The zero-order valence-corrected chi connectivity index (χ0v) is 15.3. The summed E-state index contributed by atoms with van der Waals surface area (Å²) in [5, 5.41) is 8.88. The van der Waals surface area contributed by atoms with Crippen LogP contribution < -0.4 is 5.32 Å². The molecule has 1 aliphatic rings. The molecule has 25 heavy (non-hydrogen) atoms. The fraction of sp³-hybridized carbons (Fsp3) is 0.471. The Balaban J connectivity index is 1.54. The van der Waals surface area contributed by atoms with E-state index in [0.717, 1.165) is 54.0 Å². The summed E-state index contributed by atoms with van der Waals surface area (Å²) in [5.41, 5.74) is 3.19. The highest BCUT2D eigenvalue weighted by molar-refractivity contribution is 7.22. The number of pyridine rings is 1. The number of hydrogen-bond donors (Lipinski definition) is 1. The SMILES string of the molecule is Cc1nn(C)c2nc(NCC(c3cccnc3)N3CCOCC3)sc12. The number of thiazole rings is 1. The fourth-order valence-electron chi connectivity index (χ4n) is 3.26. The number of morpholine rings is 1. The molecule has 7 nitrogen and oxygen atoms in total. The summed E-state index contributed by atoms with van der Waals surface area (Å²) in [4.78, 5) is 11.4. The van der Waals surface area contributed by atoms with E-state index in [2.05, 4.69) is 26.4 Å². The van der Waals surface area contributed by atoms with Gasteiger partial charge in [0.25, 0.3) is 0 Å². The van der Waals surface area contributed by atoms with E-state index in [-0.39, 0.29) is 6.04 Å². The third-order valence-corrected chi connectivity index (χ3v) is 5.66. The van der Waals surface area contributed by atoms with E-state index >= 15 is 0 Å². The molecular weight excluding hydrogens is 336 g/mol. The van der Waals surface area contributed by atoms with Gasteiger partial charge in [-0.05, 0) is 18.6 Å². The maximum absolute atomic E-state index is 5.51. The average Bonchev–Trinajstić information content (AvgIpc) is 3.18. The lowest BCUT2D eigenvalue weighted by atomic mass is 10.1. The van der Waals surface area contributed by atoms with Gasteiger partial charge in [-0.25, -0.2) is 9.67 Å². The van der Waals surface area contributed by atoms with Gasteiger partial charge in [0.05, 0.1) is 29.6 Å². The standard InChI is InChI=1S/C17H22N6OS/c1-12-15-16(22(2)21-12)20-17(25-15)19-11-14(13-4-3-5-18-10-13)23-6-8-24-9-7-23/h3-5,10,14H,6-9,11H2,1-2H3,(H,19,20). The van der Waals surface area contributed by atoms with Gasteiger partial charge in [0.2, 0.25) is 0 Å². The first kappa shape index (κ1) is 16.4. The second-order valence-electron chi connectivity index (χ2n) is 6.21. The van der Waals surface area contributed by atoms with Crippen molar-refractivity contribution in [2.75, 3.05) is 38.2 Å². The van der Waals surface area contributed by atoms with Crippen molar-refractivity contribution >= 4 is 26.8 Å². The van der Waals surface area contributed by atoms with Crippen LogP contribution in [0.1, 0.15) is 17.3 Å². The molecule has 0 radical (unpaired) electrons. The Morgan fingerprint density at radius 1 is 1.36 bits per heavy atom. The van der Waals surface area contributed by atoms with Crippen molar-refractivity contribution < 1.29 is 4.74 Å². The molecule has 3 aromatic rings. The molecule has 1 fully saturated rings. The number of nitrogens with one attached hydrogen (secondary N) is 1. The molecule has 1 saturated heterocycles. The summed E-state index contributed by atoms with van der Waals surface area (Å²) in [6.07, 6.45) is 3.77. The molecule has 4 rings (SSSR count). The lowest BCUT2D eigenvalue weighted by molar-refractivity contribution is 0.0186. The highest BCUT2D eigenvalue weighted by Crippen LogP contribution is 2.29. The second-order valence-corrected chi connectivity index (χ2v) is 7.21. The molecule has 0 aliphatic carbocycles. The Kier molecular flexibility index (Phi) is 4.65. The molecule has 0 bridgehead atoms. The maximum Gasteiger partial charge on any atom is 0.185 e. The van der Waals surface area contributed by atoms with E-state index in [9.17, 15) is 0 Å². The van der Waals surface area contributed by atoms with Crippen LogP contribution in [0.5, 0.6) is 0 Å². The highest BCUT2D eigenvalue weighted by atomic mass is 32.1. The molecule has 1 unspecified atom stereocenters. The van der Waals surface area contributed by atoms with E-state index < -0.39 is 0 Å². The van der Waals surface area contributed by atoms with Crippen LogP contribution in [0.2, 0.25) is 0 Å². The van der Waals surface area contributed by atoms with Gasteiger partial charge in [-0.1, -0.05) is 17.4 Å². The zero-order valence-electron chi connectivity index (χ0n) is 14.5. The molecular formula is C17H22N6OS. The summed E-state index contributed by atoms with van der Waals surface area (Å²) in [7, 11) is 1.94. The van der Waals surface area contributed by atoms with E-state index in [1.807, 2.05) is 37.1 Å². The molecule has 1 N–H and O–H groups in total. The smallest absolute Gasteiger partial charge is 0.185 e. The molecule has 0 spiro atoms. The third kappa shape index (κ3) is 3.37. The second kappa shape index (κ2) is 7.07. The molecule has 4 heterocycles. The number of nitrogens with zero attached hydrogens (tertiary/aromatic N) is 5. The van der Waals surface area contributed by atoms with Crippen LogP contribution in [0.15, 0.2) is 24.5 Å². The number of anilines is 1. The first-order chi connectivity index (χ1) is 12.2. The summed E-state index contributed by atoms with van der Waals surface area (Å²) in [5.74, 6) is 0. The lowest BCUT2D eigenvalue weighted by Gasteiger charge is -2.34. The lowest BCUT2D eigenvalue weighted by Crippen LogP contribution is -2.41. The van der Waals surface area contributed by atoms with Crippen molar-refractivity contribution in [2.24, 2.45) is 7.05 Å². The average molecular weight is 358 g/mol. The Hall–Kier alpha value is -2.03. The van der Waals surface area contributed by atoms with Crippen molar-refractivity contribution in [1.82, 2.24) is 24.6 Å². The Labute approximate surface area is 150 Å². The Morgan fingerprint density at radius 2 is 2.20 bits per heavy atom. The summed E-state index contributed by atoms with van der Waals surface area (Å²) in [6.45, 7) is 6.24. The minimum atomic E-state index is 0.254. The molecule has 0 saturated carbocycles. The predicted molar refractivity (Wildman–Crippen MR) is 99.0 cm³/mol. The number of hydrogen-bond acceptors (Lipinski definition) is 7. The van der Waals surface area contributed by atoms with Gasteiger partial charge in [0.1, 0.15) is 0 Å². The van der Waals surface area contributed by atoms with Gasteiger partial charge < -0.3 is 10.1 Å². The Morgan fingerprint density at radius 3 is 2.92 bits per heavy atom. The summed E-state index contributed by atoms with van der Waals surface area (Å²) >= 11 is 1.66. The van der Waals surface area contributed by atoms with Gasteiger partial charge in [0, 0.05) is 39.1 Å². The number of aryl methyl sites for hydroxylation is 2. The first-order valence-electron chi connectivity index (χ1n) is 8.48. The third-order valence-electron chi connectivity index (χ3n) is 4.55. The van der Waals surface area contributed by atoms with Crippen molar-refractivity contribution in [3.8, 4) is 0 Å². The number of fused-ring (bicyclic) bond motifs is 1. The Bertz CT molecular complexity index is 805. The molecule has 3 aromatic heterocycles. The normalized spacial score (nSPS) is 17.0. The van der Waals surface area contributed by atoms with Crippen molar-refractivity contribution in [3.63, 3.8) is 0 Å². The van der Waals surface area contributed by atoms with Gasteiger partial charge in [-0.2, -0.15) is 5.10 Å². The number of aromatic nitrogens is 4. The molecule has 132 valence electrons. The van der Waals surface area contributed by atoms with Gasteiger partial charge in [0.15, 0.2) is 10.8 Å². The van der Waals surface area contributed by atoms with Crippen LogP contribution in [0, 0.1) is 6.92 Å². The van der Waals surface area contributed by atoms with E-state index in [0.29, 0.717) is 0 Å². The quantitative estimate of drug-likeness (QED) is 0.754. The fourth-order valence-corrected chi connectivity index (χ4v) is 4.20. The van der Waals surface area contributed by atoms with Crippen LogP contribution in [-0.2, 0) is 11.8 Å². The predicted octanol–water partition coefficient (Wildman–Crippen LogP) is 2.22. The van der Waals surface area contributed by atoms with Crippen LogP contribution in [0.25, 0.3) is 10.3 Å². The number of rotatable bonds is 5. The number of ether oxygens (including phenoxy) is 1. The van der Waals surface area contributed by atoms with Crippen LogP contribution in [-0.4, -0.2) is 57.5 Å². The zero-order chi connectivity index (χ0) is 17.2. The van der Waals surface area contributed by atoms with Crippen molar-refractivity contribution in [3.05, 3.63) is 35.8 Å². The van der Waals surface area contributed by atoms with E-state index in [4.69, 9.17) is 9.72 Å². The van der Waals surface area contributed by atoms with E-state index in [1.54, 1.807) is 11.3 Å². The van der Waals surface area contributed by atoms with Gasteiger partial charge >= 0.3 is 0 Å². The molecule has 1 aliphatic heterocycles. The molecule has 0 amide bonds. The highest BCUT2D eigenvalue weighted by Gasteiger charge is 2.23. The van der Waals surface area contributed by atoms with Crippen LogP contribution in [0.3, 0.4) is 0 Å². The minimum absolute atomic E-state index is 0.254. The molecule has 0 aromatic carbocycles. The topological polar surface area (TPSA) is 68.1 Å². The summed E-state index contributed by atoms with van der Waals surface area (Å²) in [6, 6.07) is 4.39. The first-order valence-corrected chi connectivity index (χ1v) is 9.30. The van der Waals surface area contributed by atoms with E-state index in [1.165, 1.54) is 5.56 Å². The maximum atomic E-state index is 5.51. The van der Waals surface area contributed by atoms with Crippen LogP contribution >= 0.6 is 11.3 Å². The van der Waals surface area contributed by atoms with Crippen LogP contribution in [0.4, 0.5) is 5.13 Å². The minimum Gasteiger partial charge on any atom is -0.379 e. The largest absolute Gasteiger partial charge is 0.379 e. The monoisotopic (exact) mass is 358 g/mol. The van der Waals surface area contributed by atoms with Gasteiger partial charge in [-0.15, -0.1) is 0 Å². The summed E-state index contributed by atoms with van der Waals surface area (Å²) < 4.78 is 8.49.